The summed E-state index contributed by atoms with van der Waals surface area (Å²) in [6.45, 7) is 15.4. The maximum atomic E-state index is 14.7. The van der Waals surface area contributed by atoms with E-state index in [9.17, 15) is 19.6 Å². The molecule has 0 aliphatic heterocycles. The van der Waals surface area contributed by atoms with Crippen LogP contribution in [-0.2, 0) is 14.4 Å². The van der Waals surface area contributed by atoms with Crippen LogP contribution in [0.5, 0.6) is 0 Å². The molecular weight excluding hydrogens is 544 g/mol. The van der Waals surface area contributed by atoms with Gasteiger partial charge in [0.05, 0.1) is 5.57 Å². The maximum Gasteiger partial charge on any atom is 0.244 e. The van der Waals surface area contributed by atoms with E-state index in [1.807, 2.05) is 62.4 Å². The Bertz CT molecular complexity index is 1560. The third-order valence-electron chi connectivity index (χ3n) is 13.5. The second-order valence-corrected chi connectivity index (χ2v) is 16.6. The van der Waals surface area contributed by atoms with Crippen molar-refractivity contribution >= 4 is 23.5 Å². The summed E-state index contributed by atoms with van der Waals surface area (Å²) in [6, 6.07) is 12.1. The molecule has 0 spiro atoms. The van der Waals surface area contributed by atoms with Gasteiger partial charge in [-0.05, 0) is 90.7 Å². The molecule has 1 amide bonds. The fourth-order valence-electron chi connectivity index (χ4n) is 10.9. The second-order valence-electron chi connectivity index (χ2n) is 16.6. The fraction of sp³-hybridized carbons (Fsp3) is 0.590. The predicted octanol–water partition coefficient (Wildman–Crippen LogP) is 7.79. The largest absolute Gasteiger partial charge is 0.347 e. The summed E-state index contributed by atoms with van der Waals surface area (Å²) in [7, 11) is 0. The van der Waals surface area contributed by atoms with Gasteiger partial charge in [-0.3, -0.25) is 14.4 Å². The first-order chi connectivity index (χ1) is 20.5. The second kappa shape index (κ2) is 9.87. The summed E-state index contributed by atoms with van der Waals surface area (Å²) in [5.41, 5.74) is 0.164. The van der Waals surface area contributed by atoms with E-state index in [0.717, 1.165) is 56.1 Å². The Morgan fingerprint density at radius 3 is 2.32 bits per heavy atom. The van der Waals surface area contributed by atoms with Gasteiger partial charge in [0.25, 0.3) is 0 Å². The Morgan fingerprint density at radius 2 is 1.64 bits per heavy atom. The van der Waals surface area contributed by atoms with E-state index in [1.54, 1.807) is 6.08 Å². The zero-order valence-corrected chi connectivity index (χ0v) is 27.5. The van der Waals surface area contributed by atoms with Crippen molar-refractivity contribution in [3.05, 3.63) is 65.3 Å². The molecule has 5 aliphatic rings. The number of carbonyl (C=O) groups excluding carboxylic acids is 3. The number of allylic oxidation sites excluding steroid dienone is 4. The number of nitrogens with one attached hydrogen (secondary N) is 1. The number of fused-ring (bicyclic) bond motifs is 7. The summed E-state index contributed by atoms with van der Waals surface area (Å²) in [5.74, 6) is -0.170. The molecule has 232 valence electrons. The molecule has 0 bridgehead atoms. The Labute approximate surface area is 263 Å². The number of hydrogen-bond acceptors (Lipinski definition) is 4. The molecular formula is C39H48N2O3. The number of amides is 1. The van der Waals surface area contributed by atoms with Crippen LogP contribution < -0.4 is 5.32 Å². The summed E-state index contributed by atoms with van der Waals surface area (Å²) < 4.78 is 0. The molecule has 1 aromatic carbocycles. The van der Waals surface area contributed by atoms with Gasteiger partial charge in [0.1, 0.15) is 6.07 Å². The summed E-state index contributed by atoms with van der Waals surface area (Å²) in [6.07, 6.45) is 13.6. The molecule has 5 heteroatoms. The van der Waals surface area contributed by atoms with Gasteiger partial charge in [0.15, 0.2) is 11.6 Å². The molecule has 6 rings (SSSR count). The zero-order chi connectivity index (χ0) is 31.9. The van der Waals surface area contributed by atoms with Gasteiger partial charge in [0.2, 0.25) is 5.91 Å². The van der Waals surface area contributed by atoms with Gasteiger partial charge < -0.3 is 5.32 Å². The highest BCUT2D eigenvalue weighted by Crippen LogP contribution is 2.73. The van der Waals surface area contributed by atoms with E-state index >= 15 is 0 Å². The number of ketones is 2. The van der Waals surface area contributed by atoms with Gasteiger partial charge >= 0.3 is 0 Å². The monoisotopic (exact) mass is 592 g/mol. The Hall–Kier alpha value is -3.26. The van der Waals surface area contributed by atoms with E-state index in [4.69, 9.17) is 0 Å². The lowest BCUT2D eigenvalue weighted by molar-refractivity contribution is -0.163. The van der Waals surface area contributed by atoms with Crippen LogP contribution >= 0.6 is 0 Å². The SMILES string of the molecule is CC1(C)CC[C@]2(NC(=O)/C=C/c3ccccc3)CC[C@]3(C)[C@H](C(=O)C=C4[C@@]5(C)C=C(C#N)C(=O)C(C)(C)[C@@H]5CC[C@]43C)[C@@H]2C1. The van der Waals surface area contributed by atoms with Crippen molar-refractivity contribution in [3.63, 3.8) is 0 Å². The van der Waals surface area contributed by atoms with Crippen LogP contribution in [0.3, 0.4) is 0 Å². The maximum absolute atomic E-state index is 14.7. The summed E-state index contributed by atoms with van der Waals surface area (Å²) in [5, 5.41) is 13.5. The molecule has 0 aromatic heterocycles. The Kier molecular flexibility index (Phi) is 6.90. The van der Waals surface area contributed by atoms with E-state index < -0.39 is 16.4 Å². The third-order valence-corrected chi connectivity index (χ3v) is 13.5. The molecule has 0 saturated heterocycles. The van der Waals surface area contributed by atoms with Crippen LogP contribution in [0.15, 0.2) is 59.7 Å². The molecule has 0 radical (unpaired) electrons. The van der Waals surface area contributed by atoms with Crippen molar-refractivity contribution in [1.82, 2.24) is 5.32 Å². The third kappa shape index (κ3) is 4.27. The minimum atomic E-state index is -0.676. The van der Waals surface area contributed by atoms with Gasteiger partial charge in [-0.2, -0.15) is 5.26 Å². The molecule has 5 aliphatic carbocycles. The number of Topliss-reactive ketones (excluding diaryl/α,β-unsaturated/α-hetero) is 1. The smallest absolute Gasteiger partial charge is 0.244 e. The van der Waals surface area contributed by atoms with Crippen molar-refractivity contribution in [3.8, 4) is 6.07 Å². The van der Waals surface area contributed by atoms with Crippen LogP contribution in [0.4, 0.5) is 0 Å². The van der Waals surface area contributed by atoms with Crippen molar-refractivity contribution in [2.75, 3.05) is 0 Å². The number of benzene rings is 1. The molecule has 7 atom stereocenters. The van der Waals surface area contributed by atoms with Gasteiger partial charge in [-0.25, -0.2) is 0 Å². The quantitative estimate of drug-likeness (QED) is 0.363. The molecule has 0 unspecified atom stereocenters. The van der Waals surface area contributed by atoms with Crippen molar-refractivity contribution < 1.29 is 14.4 Å². The minimum absolute atomic E-state index is 0.0267. The molecule has 5 nitrogen and oxygen atoms in total. The van der Waals surface area contributed by atoms with Crippen LogP contribution in [0.2, 0.25) is 0 Å². The van der Waals surface area contributed by atoms with Crippen LogP contribution in [0, 0.1) is 56.2 Å². The first-order valence-corrected chi connectivity index (χ1v) is 16.5. The molecule has 1 aromatic rings. The normalized spacial score (nSPS) is 40.4. The summed E-state index contributed by atoms with van der Waals surface area (Å²) >= 11 is 0. The lowest BCUT2D eigenvalue weighted by atomic mass is 9.35. The molecule has 3 fully saturated rings. The number of nitrogens with zero attached hydrogens (tertiary/aromatic N) is 1. The van der Waals surface area contributed by atoms with E-state index in [2.05, 4.69) is 46.0 Å². The highest BCUT2D eigenvalue weighted by atomic mass is 16.2. The van der Waals surface area contributed by atoms with Crippen molar-refractivity contribution in [2.24, 2.45) is 44.8 Å². The average Bonchev–Trinajstić information content (AvgIpc) is 2.96. The first kappa shape index (κ1) is 30.8. The van der Waals surface area contributed by atoms with Crippen LogP contribution in [0.1, 0.15) is 99.0 Å². The Morgan fingerprint density at radius 1 is 0.955 bits per heavy atom. The average molecular weight is 593 g/mol. The highest BCUT2D eigenvalue weighted by molar-refractivity contribution is 6.04. The first-order valence-electron chi connectivity index (χ1n) is 16.5. The molecule has 44 heavy (non-hydrogen) atoms. The number of hydrogen-bond donors (Lipinski definition) is 1. The number of carbonyl (C=O) groups is 3. The van der Waals surface area contributed by atoms with Gasteiger partial charge in [0, 0.05) is 28.4 Å². The predicted molar refractivity (Wildman–Crippen MR) is 173 cm³/mol. The minimum Gasteiger partial charge on any atom is -0.347 e. The fourth-order valence-corrected chi connectivity index (χ4v) is 10.9. The van der Waals surface area contributed by atoms with E-state index in [0.29, 0.717) is 0 Å². The van der Waals surface area contributed by atoms with Crippen molar-refractivity contribution in [1.29, 1.82) is 5.26 Å². The van der Waals surface area contributed by atoms with Gasteiger partial charge in [-0.1, -0.05) is 90.4 Å². The molecule has 1 N–H and O–H groups in total. The summed E-state index contributed by atoms with van der Waals surface area (Å²) in [4.78, 5) is 41.5. The van der Waals surface area contributed by atoms with E-state index in [-0.39, 0.29) is 57.0 Å². The lowest BCUT2D eigenvalue weighted by Gasteiger charge is -2.69. The number of nitriles is 1. The van der Waals surface area contributed by atoms with Crippen LogP contribution in [0.25, 0.3) is 6.08 Å². The van der Waals surface area contributed by atoms with Crippen LogP contribution in [-0.4, -0.2) is 23.0 Å². The highest BCUT2D eigenvalue weighted by Gasteiger charge is 2.70. The van der Waals surface area contributed by atoms with E-state index in [1.165, 1.54) is 0 Å². The topological polar surface area (TPSA) is 87.0 Å². The van der Waals surface area contributed by atoms with Crippen molar-refractivity contribution in [2.45, 2.75) is 99.0 Å². The lowest BCUT2D eigenvalue weighted by Crippen LogP contribution is -2.69. The zero-order valence-electron chi connectivity index (χ0n) is 27.5. The standard InChI is InChI=1S/C39H48N2O3/c1-34(2)17-19-39(41-31(43)14-13-25-11-9-8-10-12-25)20-18-38(7)32(27(39)23-34)28(42)21-30-36(5)22-26(24-40)33(44)35(3,4)29(36)15-16-37(30,38)6/h8-14,21-22,27,29,32H,15-20,23H2,1-7H3,(H,41,43)/b14-13+/t27-,29-,32-,36-,37+,38+,39-/m0/s1. The molecule has 0 heterocycles. The molecule has 3 saturated carbocycles. The van der Waals surface area contributed by atoms with Gasteiger partial charge in [-0.15, -0.1) is 0 Å². The Balaban J connectivity index is 1.42. The number of rotatable bonds is 3.